The van der Waals surface area contributed by atoms with E-state index in [1.54, 1.807) is 11.3 Å². The number of aliphatic hydroxyl groups is 1. The van der Waals surface area contributed by atoms with Crippen molar-refractivity contribution in [3.8, 4) is 11.3 Å². The predicted octanol–water partition coefficient (Wildman–Crippen LogP) is 2.97. The number of rotatable bonds is 3. The van der Waals surface area contributed by atoms with E-state index < -0.39 is 6.23 Å². The van der Waals surface area contributed by atoms with Crippen LogP contribution in [0.2, 0.25) is 0 Å². The Labute approximate surface area is 136 Å². The van der Waals surface area contributed by atoms with Gasteiger partial charge in [0.25, 0.3) is 0 Å². The van der Waals surface area contributed by atoms with Crippen molar-refractivity contribution >= 4 is 32.5 Å². The number of aliphatic hydroxyl groups excluding tert-OH is 1. The first-order valence-corrected chi connectivity index (χ1v) is 8.20. The average Bonchev–Trinajstić information content (AvgIpc) is 3.07. The van der Waals surface area contributed by atoms with Gasteiger partial charge in [-0.2, -0.15) is 5.10 Å². The maximum atomic E-state index is 9.38. The monoisotopic (exact) mass is 324 g/mol. The second-order valence-corrected chi connectivity index (χ2v) is 6.87. The molecule has 1 atom stereocenters. The third-order valence-electron chi connectivity index (χ3n) is 3.84. The number of fused-ring (bicyclic) bond motifs is 2. The van der Waals surface area contributed by atoms with E-state index >= 15 is 0 Å². The zero-order valence-corrected chi connectivity index (χ0v) is 13.4. The van der Waals surface area contributed by atoms with Gasteiger partial charge in [0.05, 0.1) is 26.4 Å². The second kappa shape index (κ2) is 5.42. The highest BCUT2D eigenvalue weighted by atomic mass is 32.1. The van der Waals surface area contributed by atoms with Gasteiger partial charge in [0.15, 0.2) is 0 Å². The maximum absolute atomic E-state index is 9.38. The van der Waals surface area contributed by atoms with E-state index in [4.69, 9.17) is 5.73 Å². The van der Waals surface area contributed by atoms with E-state index in [-0.39, 0.29) is 0 Å². The summed E-state index contributed by atoms with van der Waals surface area (Å²) in [5.74, 6) is 0. The van der Waals surface area contributed by atoms with Crippen LogP contribution < -0.4 is 5.73 Å². The lowest BCUT2D eigenvalue weighted by Gasteiger charge is -2.05. The van der Waals surface area contributed by atoms with Gasteiger partial charge in [-0.15, -0.1) is 11.3 Å². The van der Waals surface area contributed by atoms with Crippen LogP contribution in [0.5, 0.6) is 0 Å². The topological polar surface area (TPSA) is 87.8 Å². The van der Waals surface area contributed by atoms with E-state index in [0.29, 0.717) is 6.42 Å². The van der Waals surface area contributed by atoms with Gasteiger partial charge in [0.1, 0.15) is 6.23 Å². The summed E-state index contributed by atoms with van der Waals surface area (Å²) in [6, 6.07) is 12.2. The molecule has 0 fully saturated rings. The van der Waals surface area contributed by atoms with Gasteiger partial charge in [-0.3, -0.25) is 5.10 Å². The summed E-state index contributed by atoms with van der Waals surface area (Å²) in [7, 11) is 0. The Morgan fingerprint density at radius 2 is 2.13 bits per heavy atom. The molecule has 0 radical (unpaired) electrons. The molecule has 5 nitrogen and oxygen atoms in total. The number of thiazole rings is 1. The highest BCUT2D eigenvalue weighted by Gasteiger charge is 2.11. The second-order valence-electron chi connectivity index (χ2n) is 5.64. The van der Waals surface area contributed by atoms with E-state index in [1.165, 1.54) is 0 Å². The zero-order chi connectivity index (χ0) is 16.0. The molecule has 2 aromatic carbocycles. The molecule has 0 spiro atoms. The van der Waals surface area contributed by atoms with Gasteiger partial charge in [-0.1, -0.05) is 12.1 Å². The van der Waals surface area contributed by atoms with Crippen LogP contribution in [-0.4, -0.2) is 26.5 Å². The Morgan fingerprint density at radius 1 is 1.26 bits per heavy atom. The summed E-state index contributed by atoms with van der Waals surface area (Å²) in [5.41, 5.74) is 10.4. The molecule has 23 heavy (non-hydrogen) atoms. The minimum Gasteiger partial charge on any atom is -0.378 e. The standard InChI is InChI=1S/C17H16N4OS/c1-9-19-14-5-3-11(8-15(14)23-9)17-12-6-10(7-16(18)22)2-4-13(12)20-21-17/h2-6,8,16,22H,7,18H2,1H3,(H,20,21). The summed E-state index contributed by atoms with van der Waals surface area (Å²) in [5, 5.41) is 19.0. The van der Waals surface area contributed by atoms with Crippen LogP contribution >= 0.6 is 11.3 Å². The largest absolute Gasteiger partial charge is 0.378 e. The van der Waals surface area contributed by atoms with Gasteiger partial charge in [0, 0.05) is 17.4 Å². The molecule has 4 rings (SSSR count). The molecule has 0 amide bonds. The molecule has 116 valence electrons. The Morgan fingerprint density at radius 3 is 2.96 bits per heavy atom. The molecule has 2 aromatic heterocycles. The van der Waals surface area contributed by atoms with Crippen molar-refractivity contribution in [1.82, 2.24) is 15.2 Å². The van der Waals surface area contributed by atoms with Crippen LogP contribution in [0.25, 0.3) is 32.4 Å². The minimum atomic E-state index is -0.848. The van der Waals surface area contributed by atoms with Crippen molar-refractivity contribution in [2.45, 2.75) is 19.6 Å². The van der Waals surface area contributed by atoms with E-state index in [1.807, 2.05) is 37.3 Å². The predicted molar refractivity (Wildman–Crippen MR) is 93.3 cm³/mol. The first-order chi connectivity index (χ1) is 11.1. The third-order valence-corrected chi connectivity index (χ3v) is 4.77. The number of nitrogens with zero attached hydrogens (tertiary/aromatic N) is 2. The smallest absolute Gasteiger partial charge is 0.106 e. The fourth-order valence-corrected chi connectivity index (χ4v) is 3.70. The van der Waals surface area contributed by atoms with Crippen LogP contribution in [0, 0.1) is 6.92 Å². The van der Waals surface area contributed by atoms with Gasteiger partial charge >= 0.3 is 0 Å². The van der Waals surface area contributed by atoms with Crippen molar-refractivity contribution in [3.05, 3.63) is 47.0 Å². The first kappa shape index (κ1) is 14.3. The fourth-order valence-electron chi connectivity index (χ4n) is 2.84. The van der Waals surface area contributed by atoms with Crippen molar-refractivity contribution in [3.63, 3.8) is 0 Å². The quantitative estimate of drug-likeness (QED) is 0.506. The SMILES string of the molecule is Cc1nc2ccc(-c3n[nH]c4ccc(CC(N)O)cc34)cc2s1. The third kappa shape index (κ3) is 2.61. The Kier molecular flexibility index (Phi) is 3.37. The number of benzene rings is 2. The molecule has 2 heterocycles. The highest BCUT2D eigenvalue weighted by molar-refractivity contribution is 7.18. The summed E-state index contributed by atoms with van der Waals surface area (Å²) in [6.07, 6.45) is -0.424. The minimum absolute atomic E-state index is 0.424. The number of hydrogen-bond donors (Lipinski definition) is 3. The molecule has 1 unspecified atom stereocenters. The fraction of sp³-hybridized carbons (Fsp3) is 0.176. The normalized spacial score (nSPS) is 13.0. The molecule has 6 heteroatoms. The van der Waals surface area contributed by atoms with Gasteiger partial charge in [-0.25, -0.2) is 4.98 Å². The summed E-state index contributed by atoms with van der Waals surface area (Å²) < 4.78 is 1.16. The van der Waals surface area contributed by atoms with Crippen LogP contribution in [0.3, 0.4) is 0 Å². The lowest BCUT2D eigenvalue weighted by Crippen LogP contribution is -2.21. The lowest BCUT2D eigenvalue weighted by molar-refractivity contribution is 0.183. The molecule has 4 aromatic rings. The maximum Gasteiger partial charge on any atom is 0.106 e. The van der Waals surface area contributed by atoms with Crippen molar-refractivity contribution < 1.29 is 5.11 Å². The molecular formula is C17H16N4OS. The van der Waals surface area contributed by atoms with Crippen molar-refractivity contribution in [2.24, 2.45) is 5.73 Å². The van der Waals surface area contributed by atoms with E-state index in [2.05, 4.69) is 21.2 Å². The van der Waals surface area contributed by atoms with Gasteiger partial charge < -0.3 is 10.8 Å². The number of nitrogens with two attached hydrogens (primary N) is 1. The number of H-pyrrole nitrogens is 1. The Hall–Kier alpha value is -2.28. The van der Waals surface area contributed by atoms with Crippen LogP contribution in [-0.2, 0) is 6.42 Å². The number of aryl methyl sites for hydroxylation is 1. The van der Waals surface area contributed by atoms with E-state index in [9.17, 15) is 5.11 Å². The van der Waals surface area contributed by atoms with Gasteiger partial charge in [0.2, 0.25) is 0 Å². The number of hydrogen-bond acceptors (Lipinski definition) is 5. The number of nitrogens with one attached hydrogen (secondary N) is 1. The van der Waals surface area contributed by atoms with Crippen LogP contribution in [0.4, 0.5) is 0 Å². The molecule has 4 N–H and O–H groups in total. The van der Waals surface area contributed by atoms with Crippen LogP contribution in [0.1, 0.15) is 10.6 Å². The number of aromatic amines is 1. The van der Waals surface area contributed by atoms with Crippen molar-refractivity contribution in [2.75, 3.05) is 0 Å². The van der Waals surface area contributed by atoms with E-state index in [0.717, 1.165) is 42.9 Å². The molecule has 0 bridgehead atoms. The van der Waals surface area contributed by atoms with Gasteiger partial charge in [-0.05, 0) is 36.8 Å². The molecule has 0 aliphatic rings. The molecule has 0 aliphatic carbocycles. The van der Waals surface area contributed by atoms with Crippen LogP contribution in [0.15, 0.2) is 36.4 Å². The summed E-state index contributed by atoms with van der Waals surface area (Å²) >= 11 is 1.68. The summed E-state index contributed by atoms with van der Waals surface area (Å²) in [4.78, 5) is 4.49. The first-order valence-electron chi connectivity index (χ1n) is 7.38. The average molecular weight is 324 g/mol. The molecular weight excluding hydrogens is 308 g/mol. The Balaban J connectivity index is 1.85. The van der Waals surface area contributed by atoms with Crippen molar-refractivity contribution in [1.29, 1.82) is 0 Å². The molecule has 0 saturated heterocycles. The molecule has 0 aliphatic heterocycles. The summed E-state index contributed by atoms with van der Waals surface area (Å²) in [6.45, 7) is 2.01. The zero-order valence-electron chi connectivity index (χ0n) is 12.6. The number of aromatic nitrogens is 3. The Bertz CT molecular complexity index is 1000. The lowest BCUT2D eigenvalue weighted by atomic mass is 10.0. The molecule has 0 saturated carbocycles. The highest BCUT2D eigenvalue weighted by Crippen LogP contribution is 2.31.